The van der Waals surface area contributed by atoms with Crippen molar-refractivity contribution in [3.63, 3.8) is 0 Å². The van der Waals surface area contributed by atoms with E-state index in [-0.39, 0.29) is 11.4 Å². The van der Waals surface area contributed by atoms with E-state index in [4.69, 9.17) is 9.47 Å². The van der Waals surface area contributed by atoms with Gasteiger partial charge in [-0.1, -0.05) is 30.3 Å². The summed E-state index contributed by atoms with van der Waals surface area (Å²) in [5, 5.41) is 2.70. The standard InChI is InChI=1S/C18H18N2O4S2/c1-23-16-9-8-15(10-17(16)24-2)26(21,22)19-11-14-12-25-18(20-14)13-6-4-3-5-7-13/h3-10,12,19H,11H2,1-2H3. The van der Waals surface area contributed by atoms with Gasteiger partial charge >= 0.3 is 0 Å². The molecule has 2 aromatic carbocycles. The van der Waals surface area contributed by atoms with Crippen LogP contribution in [0.5, 0.6) is 11.5 Å². The van der Waals surface area contributed by atoms with Crippen LogP contribution < -0.4 is 14.2 Å². The third kappa shape index (κ3) is 4.04. The van der Waals surface area contributed by atoms with Crippen molar-refractivity contribution in [2.24, 2.45) is 0 Å². The maximum absolute atomic E-state index is 12.5. The van der Waals surface area contributed by atoms with E-state index >= 15 is 0 Å². The number of hydrogen-bond donors (Lipinski definition) is 1. The summed E-state index contributed by atoms with van der Waals surface area (Å²) in [6, 6.07) is 14.2. The lowest BCUT2D eigenvalue weighted by atomic mass is 10.2. The maximum Gasteiger partial charge on any atom is 0.241 e. The van der Waals surface area contributed by atoms with Crippen LogP contribution in [0.1, 0.15) is 5.69 Å². The monoisotopic (exact) mass is 390 g/mol. The Balaban J connectivity index is 1.74. The van der Waals surface area contributed by atoms with E-state index in [2.05, 4.69) is 9.71 Å². The van der Waals surface area contributed by atoms with Gasteiger partial charge in [0, 0.05) is 17.0 Å². The van der Waals surface area contributed by atoms with Crippen molar-refractivity contribution in [1.29, 1.82) is 0 Å². The van der Waals surface area contributed by atoms with Gasteiger partial charge in [0.25, 0.3) is 0 Å². The molecule has 1 heterocycles. The van der Waals surface area contributed by atoms with Crippen LogP contribution in [-0.4, -0.2) is 27.6 Å². The SMILES string of the molecule is COc1ccc(S(=O)(=O)NCc2csc(-c3ccccc3)n2)cc1OC. The molecular weight excluding hydrogens is 372 g/mol. The largest absolute Gasteiger partial charge is 0.493 e. The number of rotatable bonds is 7. The van der Waals surface area contributed by atoms with Gasteiger partial charge in [-0.25, -0.2) is 18.1 Å². The predicted octanol–water partition coefficient (Wildman–Crippen LogP) is 3.31. The lowest BCUT2D eigenvalue weighted by molar-refractivity contribution is 0.354. The summed E-state index contributed by atoms with van der Waals surface area (Å²) in [6.07, 6.45) is 0. The molecule has 1 aromatic heterocycles. The van der Waals surface area contributed by atoms with Crippen LogP contribution in [0.25, 0.3) is 10.6 Å². The summed E-state index contributed by atoms with van der Waals surface area (Å²) < 4.78 is 37.9. The van der Waals surface area contributed by atoms with Crippen LogP contribution in [0.3, 0.4) is 0 Å². The highest BCUT2D eigenvalue weighted by atomic mass is 32.2. The molecule has 1 N–H and O–H groups in total. The van der Waals surface area contributed by atoms with Crippen molar-refractivity contribution in [3.05, 3.63) is 59.6 Å². The topological polar surface area (TPSA) is 77.5 Å². The molecule has 0 spiro atoms. The molecule has 8 heteroatoms. The molecule has 0 aliphatic heterocycles. The van der Waals surface area contributed by atoms with Crippen LogP contribution in [-0.2, 0) is 16.6 Å². The van der Waals surface area contributed by atoms with Crippen LogP contribution >= 0.6 is 11.3 Å². The molecule has 6 nitrogen and oxygen atoms in total. The molecule has 0 fully saturated rings. The molecule has 0 aliphatic rings. The third-order valence-electron chi connectivity index (χ3n) is 3.68. The number of benzene rings is 2. The van der Waals surface area contributed by atoms with Gasteiger partial charge in [-0.05, 0) is 12.1 Å². The molecule has 26 heavy (non-hydrogen) atoms. The smallest absolute Gasteiger partial charge is 0.241 e. The number of methoxy groups -OCH3 is 2. The zero-order valence-electron chi connectivity index (χ0n) is 14.3. The zero-order chi connectivity index (χ0) is 18.6. The Bertz CT molecular complexity index is 985. The Morgan fingerprint density at radius 1 is 1.04 bits per heavy atom. The quantitative estimate of drug-likeness (QED) is 0.670. The van der Waals surface area contributed by atoms with Crippen LogP contribution in [0.15, 0.2) is 58.8 Å². The van der Waals surface area contributed by atoms with E-state index in [1.807, 2.05) is 35.7 Å². The second-order valence-corrected chi connectivity index (χ2v) is 7.98. The Labute approximate surface area is 156 Å². The summed E-state index contributed by atoms with van der Waals surface area (Å²) in [7, 11) is -0.735. The van der Waals surface area contributed by atoms with Crippen molar-refractivity contribution in [2.45, 2.75) is 11.4 Å². The van der Waals surface area contributed by atoms with Gasteiger partial charge in [0.2, 0.25) is 10.0 Å². The summed E-state index contributed by atoms with van der Waals surface area (Å²) in [4.78, 5) is 4.59. The Kier molecular flexibility index (Phi) is 5.55. The average Bonchev–Trinajstić information content (AvgIpc) is 3.15. The first-order chi connectivity index (χ1) is 12.5. The molecular formula is C18H18N2O4S2. The highest BCUT2D eigenvalue weighted by molar-refractivity contribution is 7.89. The van der Waals surface area contributed by atoms with Gasteiger partial charge in [0.1, 0.15) is 5.01 Å². The Hall–Kier alpha value is -2.42. The molecule has 0 unspecified atom stereocenters. The van der Waals surface area contributed by atoms with Gasteiger partial charge in [-0.15, -0.1) is 11.3 Å². The lowest BCUT2D eigenvalue weighted by Gasteiger charge is -2.10. The van der Waals surface area contributed by atoms with Gasteiger partial charge < -0.3 is 9.47 Å². The van der Waals surface area contributed by atoms with Gasteiger partial charge in [0.15, 0.2) is 11.5 Å². The number of aromatic nitrogens is 1. The first kappa shape index (κ1) is 18.4. The van der Waals surface area contributed by atoms with E-state index in [1.165, 1.54) is 37.7 Å². The molecule has 0 radical (unpaired) electrons. The van der Waals surface area contributed by atoms with E-state index in [0.29, 0.717) is 17.2 Å². The minimum absolute atomic E-state index is 0.105. The number of sulfonamides is 1. The number of nitrogens with zero attached hydrogens (tertiary/aromatic N) is 1. The van der Waals surface area contributed by atoms with Crippen LogP contribution in [0.4, 0.5) is 0 Å². The number of hydrogen-bond acceptors (Lipinski definition) is 6. The molecule has 3 aromatic rings. The second-order valence-electron chi connectivity index (χ2n) is 5.35. The first-order valence-corrected chi connectivity index (χ1v) is 10.1. The fourth-order valence-electron chi connectivity index (χ4n) is 2.34. The first-order valence-electron chi connectivity index (χ1n) is 7.75. The fraction of sp³-hybridized carbons (Fsp3) is 0.167. The molecule has 3 rings (SSSR count). The van der Waals surface area contributed by atoms with Crippen molar-refractivity contribution < 1.29 is 17.9 Å². The zero-order valence-corrected chi connectivity index (χ0v) is 15.9. The average molecular weight is 390 g/mol. The Morgan fingerprint density at radius 3 is 2.46 bits per heavy atom. The molecule has 0 saturated carbocycles. The molecule has 0 amide bonds. The van der Waals surface area contributed by atoms with Crippen molar-refractivity contribution in [1.82, 2.24) is 9.71 Å². The van der Waals surface area contributed by atoms with Crippen LogP contribution in [0, 0.1) is 0 Å². The van der Waals surface area contributed by atoms with Gasteiger partial charge in [0.05, 0.1) is 31.4 Å². The summed E-state index contributed by atoms with van der Waals surface area (Å²) in [5.41, 5.74) is 1.67. The van der Waals surface area contributed by atoms with Crippen molar-refractivity contribution in [3.8, 4) is 22.1 Å². The van der Waals surface area contributed by atoms with E-state index in [9.17, 15) is 8.42 Å². The second kappa shape index (κ2) is 7.86. The van der Waals surface area contributed by atoms with E-state index in [0.717, 1.165) is 10.6 Å². The number of thiazole rings is 1. The number of nitrogens with one attached hydrogen (secondary N) is 1. The van der Waals surface area contributed by atoms with Crippen molar-refractivity contribution >= 4 is 21.4 Å². The highest BCUT2D eigenvalue weighted by Crippen LogP contribution is 2.29. The lowest BCUT2D eigenvalue weighted by Crippen LogP contribution is -2.23. The highest BCUT2D eigenvalue weighted by Gasteiger charge is 2.17. The van der Waals surface area contributed by atoms with E-state index < -0.39 is 10.0 Å². The predicted molar refractivity (Wildman–Crippen MR) is 101 cm³/mol. The minimum Gasteiger partial charge on any atom is -0.493 e. The third-order valence-corrected chi connectivity index (χ3v) is 6.02. The van der Waals surface area contributed by atoms with Crippen LogP contribution in [0.2, 0.25) is 0 Å². The Morgan fingerprint density at radius 2 is 1.77 bits per heavy atom. The summed E-state index contributed by atoms with van der Waals surface area (Å²) >= 11 is 1.48. The van der Waals surface area contributed by atoms with E-state index in [1.54, 1.807) is 6.07 Å². The molecule has 0 bridgehead atoms. The summed E-state index contributed by atoms with van der Waals surface area (Å²) in [5.74, 6) is 0.828. The molecule has 0 atom stereocenters. The summed E-state index contributed by atoms with van der Waals surface area (Å²) in [6.45, 7) is 0.111. The number of ether oxygens (including phenoxy) is 2. The molecule has 0 saturated heterocycles. The van der Waals surface area contributed by atoms with Gasteiger partial charge in [-0.2, -0.15) is 0 Å². The van der Waals surface area contributed by atoms with Crippen molar-refractivity contribution in [2.75, 3.05) is 14.2 Å². The normalized spacial score (nSPS) is 11.3. The minimum atomic E-state index is -3.69. The fourth-order valence-corrected chi connectivity index (χ4v) is 4.18. The molecule has 0 aliphatic carbocycles. The maximum atomic E-state index is 12.5. The van der Waals surface area contributed by atoms with Gasteiger partial charge in [-0.3, -0.25) is 0 Å². The molecule has 136 valence electrons.